The minimum absolute atomic E-state index is 0.0890. The van der Waals surface area contributed by atoms with Crippen molar-refractivity contribution in [2.45, 2.75) is 245 Å². The first-order chi connectivity index (χ1) is 29.0. The Kier molecular flexibility index (Phi) is 45.4. The van der Waals surface area contributed by atoms with Gasteiger partial charge >= 0.3 is 17.9 Å². The molecule has 0 heterocycles. The van der Waals surface area contributed by atoms with Gasteiger partial charge in [-0.25, -0.2) is 0 Å². The molecule has 1 atom stereocenters. The SMILES string of the molecule is CC/C=C\C/C=C\C/C=C\C/C=C\CCCCCC(=O)OCC(COC(=O)CCCCCCCCCCCCC)OC(=O)CCCCC/C=C\CCCCCCCCC. The molecular weight excluding hydrogens is 733 g/mol. The van der Waals surface area contributed by atoms with Gasteiger partial charge in [-0.1, -0.05) is 197 Å². The predicted octanol–water partition coefficient (Wildman–Crippen LogP) is 16.1. The van der Waals surface area contributed by atoms with Crippen LogP contribution in [0.2, 0.25) is 0 Å². The van der Waals surface area contributed by atoms with Crippen molar-refractivity contribution >= 4 is 17.9 Å². The Morgan fingerprint density at radius 1 is 0.356 bits per heavy atom. The van der Waals surface area contributed by atoms with Crippen LogP contribution in [0.15, 0.2) is 60.8 Å². The summed E-state index contributed by atoms with van der Waals surface area (Å²) in [7, 11) is 0. The van der Waals surface area contributed by atoms with Crippen LogP contribution in [0.5, 0.6) is 0 Å². The van der Waals surface area contributed by atoms with Crippen LogP contribution in [0.25, 0.3) is 0 Å². The van der Waals surface area contributed by atoms with Crippen LogP contribution in [0.4, 0.5) is 0 Å². The molecule has 0 saturated heterocycles. The molecule has 0 fully saturated rings. The fourth-order valence-electron chi connectivity index (χ4n) is 6.78. The second kappa shape index (κ2) is 47.8. The molecule has 0 amide bonds. The molecule has 0 aromatic rings. The molecule has 0 saturated carbocycles. The largest absolute Gasteiger partial charge is 0.462 e. The van der Waals surface area contributed by atoms with Crippen LogP contribution >= 0.6 is 0 Å². The van der Waals surface area contributed by atoms with E-state index in [4.69, 9.17) is 14.2 Å². The third-order valence-corrected chi connectivity index (χ3v) is 10.5. The van der Waals surface area contributed by atoms with Gasteiger partial charge in [-0.3, -0.25) is 14.4 Å². The molecule has 6 nitrogen and oxygen atoms in total. The smallest absolute Gasteiger partial charge is 0.306 e. The lowest BCUT2D eigenvalue weighted by Crippen LogP contribution is -2.30. The molecule has 0 spiro atoms. The zero-order chi connectivity index (χ0) is 43.0. The molecule has 0 aromatic heterocycles. The van der Waals surface area contributed by atoms with Crippen LogP contribution in [0, 0.1) is 0 Å². The van der Waals surface area contributed by atoms with E-state index in [0.29, 0.717) is 19.3 Å². The van der Waals surface area contributed by atoms with Crippen molar-refractivity contribution in [2.75, 3.05) is 13.2 Å². The average molecular weight is 825 g/mol. The number of esters is 3. The monoisotopic (exact) mass is 825 g/mol. The topological polar surface area (TPSA) is 78.9 Å². The summed E-state index contributed by atoms with van der Waals surface area (Å²) in [4.78, 5) is 37.9. The van der Waals surface area contributed by atoms with Crippen LogP contribution in [0.3, 0.4) is 0 Å². The molecule has 0 radical (unpaired) electrons. The van der Waals surface area contributed by atoms with Crippen LogP contribution in [-0.2, 0) is 28.6 Å². The third-order valence-electron chi connectivity index (χ3n) is 10.5. The van der Waals surface area contributed by atoms with E-state index in [1.807, 2.05) is 0 Å². The molecule has 0 aliphatic heterocycles. The molecule has 0 aromatic carbocycles. The molecule has 0 bridgehead atoms. The highest BCUT2D eigenvalue weighted by molar-refractivity contribution is 5.71. The summed E-state index contributed by atoms with van der Waals surface area (Å²) in [6.07, 6.45) is 57.7. The maximum Gasteiger partial charge on any atom is 0.306 e. The molecule has 0 aliphatic rings. The van der Waals surface area contributed by atoms with Gasteiger partial charge in [0.15, 0.2) is 6.10 Å². The van der Waals surface area contributed by atoms with Crippen molar-refractivity contribution in [3.63, 3.8) is 0 Å². The van der Waals surface area contributed by atoms with E-state index < -0.39 is 6.10 Å². The van der Waals surface area contributed by atoms with Gasteiger partial charge < -0.3 is 14.2 Å². The predicted molar refractivity (Wildman–Crippen MR) is 251 cm³/mol. The summed E-state index contributed by atoms with van der Waals surface area (Å²) in [6.45, 7) is 6.47. The van der Waals surface area contributed by atoms with E-state index in [1.165, 1.54) is 96.3 Å². The summed E-state index contributed by atoms with van der Waals surface area (Å²) >= 11 is 0. The number of allylic oxidation sites excluding steroid dienone is 10. The fraction of sp³-hybridized carbons (Fsp3) is 0.755. The Bertz CT molecular complexity index is 1090. The van der Waals surface area contributed by atoms with E-state index in [9.17, 15) is 14.4 Å². The molecule has 0 aliphatic carbocycles. The molecule has 59 heavy (non-hydrogen) atoms. The first kappa shape index (κ1) is 56.1. The van der Waals surface area contributed by atoms with Gasteiger partial charge in [0, 0.05) is 19.3 Å². The minimum atomic E-state index is -0.791. The van der Waals surface area contributed by atoms with Gasteiger partial charge in [-0.2, -0.15) is 0 Å². The highest BCUT2D eigenvalue weighted by atomic mass is 16.6. The normalized spacial score (nSPS) is 12.5. The standard InChI is InChI=1S/C53H92O6/c1-4-7-10-13-16-19-22-24-26-27-29-31-34-37-40-43-46-52(55)58-49-50(48-57-51(54)45-42-39-36-33-30-21-18-15-12-9-6-3)59-53(56)47-44-41-38-35-32-28-25-23-20-17-14-11-8-5-2/h7,10,16,19,24,26,28-29,31-32,50H,4-6,8-9,11-15,17-18,20-23,25,27,30,33-49H2,1-3H3/b10-7-,19-16-,26-24-,31-29-,32-28-. The van der Waals surface area contributed by atoms with E-state index >= 15 is 0 Å². The van der Waals surface area contributed by atoms with E-state index in [1.54, 1.807) is 0 Å². The average Bonchev–Trinajstić information content (AvgIpc) is 3.23. The number of hydrogen-bond acceptors (Lipinski definition) is 6. The highest BCUT2D eigenvalue weighted by Gasteiger charge is 2.19. The first-order valence-corrected chi connectivity index (χ1v) is 24.8. The zero-order valence-electron chi connectivity index (χ0n) is 38.8. The van der Waals surface area contributed by atoms with E-state index in [2.05, 4.69) is 81.5 Å². The van der Waals surface area contributed by atoms with Crippen molar-refractivity contribution in [3.8, 4) is 0 Å². The lowest BCUT2D eigenvalue weighted by molar-refractivity contribution is -0.167. The van der Waals surface area contributed by atoms with E-state index in [0.717, 1.165) is 103 Å². The Morgan fingerprint density at radius 3 is 1.07 bits per heavy atom. The summed E-state index contributed by atoms with van der Waals surface area (Å²) < 4.78 is 16.7. The quantitative estimate of drug-likeness (QED) is 0.0263. The molecule has 6 heteroatoms. The van der Waals surface area contributed by atoms with Crippen LogP contribution in [-0.4, -0.2) is 37.2 Å². The van der Waals surface area contributed by atoms with Crippen LogP contribution in [0.1, 0.15) is 239 Å². The minimum Gasteiger partial charge on any atom is -0.462 e. The van der Waals surface area contributed by atoms with Gasteiger partial charge in [0.05, 0.1) is 0 Å². The number of carbonyl (C=O) groups is 3. The van der Waals surface area contributed by atoms with Gasteiger partial charge in [-0.05, 0) is 83.5 Å². The molecule has 0 N–H and O–H groups in total. The van der Waals surface area contributed by atoms with Gasteiger partial charge in [0.25, 0.3) is 0 Å². The molecular formula is C53H92O6. The molecule has 340 valence electrons. The van der Waals surface area contributed by atoms with Gasteiger partial charge in [-0.15, -0.1) is 0 Å². The Balaban J connectivity index is 4.44. The summed E-state index contributed by atoms with van der Waals surface area (Å²) in [5, 5.41) is 0. The maximum absolute atomic E-state index is 12.8. The second-order valence-corrected chi connectivity index (χ2v) is 16.3. The summed E-state index contributed by atoms with van der Waals surface area (Å²) in [5.74, 6) is -0.936. The number of carbonyl (C=O) groups excluding carboxylic acids is 3. The summed E-state index contributed by atoms with van der Waals surface area (Å²) in [6, 6.07) is 0. The second-order valence-electron chi connectivity index (χ2n) is 16.3. The lowest BCUT2D eigenvalue weighted by atomic mass is 10.1. The van der Waals surface area contributed by atoms with Crippen molar-refractivity contribution < 1.29 is 28.6 Å². The Morgan fingerprint density at radius 2 is 0.661 bits per heavy atom. The zero-order valence-corrected chi connectivity index (χ0v) is 38.8. The maximum atomic E-state index is 12.8. The van der Waals surface area contributed by atoms with Crippen molar-refractivity contribution in [1.29, 1.82) is 0 Å². The third kappa shape index (κ3) is 46.0. The fourth-order valence-corrected chi connectivity index (χ4v) is 6.78. The lowest BCUT2D eigenvalue weighted by Gasteiger charge is -2.18. The molecule has 1 unspecified atom stereocenters. The number of ether oxygens (including phenoxy) is 3. The Hall–Kier alpha value is -2.89. The van der Waals surface area contributed by atoms with Gasteiger partial charge in [0.2, 0.25) is 0 Å². The number of rotatable bonds is 44. The van der Waals surface area contributed by atoms with Crippen molar-refractivity contribution in [2.24, 2.45) is 0 Å². The van der Waals surface area contributed by atoms with Crippen molar-refractivity contribution in [3.05, 3.63) is 60.8 Å². The number of hydrogen-bond donors (Lipinski definition) is 0. The molecule has 0 rings (SSSR count). The summed E-state index contributed by atoms with van der Waals surface area (Å²) in [5.41, 5.74) is 0. The van der Waals surface area contributed by atoms with Crippen LogP contribution < -0.4 is 0 Å². The van der Waals surface area contributed by atoms with Gasteiger partial charge in [0.1, 0.15) is 13.2 Å². The Labute approximate surface area is 364 Å². The highest BCUT2D eigenvalue weighted by Crippen LogP contribution is 2.14. The van der Waals surface area contributed by atoms with E-state index in [-0.39, 0.29) is 31.1 Å². The van der Waals surface area contributed by atoms with Crippen molar-refractivity contribution in [1.82, 2.24) is 0 Å². The number of unbranched alkanes of at least 4 members (excludes halogenated alkanes) is 23. The first-order valence-electron chi connectivity index (χ1n) is 24.8.